The molecule has 0 aromatic heterocycles. The number of hydrogen-bond acceptors (Lipinski definition) is 4. The van der Waals surface area contributed by atoms with Gasteiger partial charge in [-0.2, -0.15) is 8.78 Å². The molecule has 0 heterocycles. The lowest BCUT2D eigenvalue weighted by atomic mass is 10.1. The van der Waals surface area contributed by atoms with E-state index in [0.29, 0.717) is 16.8 Å². The predicted molar refractivity (Wildman–Crippen MR) is 107 cm³/mol. The highest BCUT2D eigenvalue weighted by Crippen LogP contribution is 2.30. The summed E-state index contributed by atoms with van der Waals surface area (Å²) < 4.78 is 34.4. The first kappa shape index (κ1) is 21.9. The minimum Gasteiger partial charge on any atom is -0.493 e. The van der Waals surface area contributed by atoms with Crippen LogP contribution < -0.4 is 20.1 Å². The van der Waals surface area contributed by atoms with E-state index in [-0.39, 0.29) is 29.4 Å². The second-order valence-corrected chi connectivity index (χ2v) is 6.32. The molecule has 0 atom stereocenters. The summed E-state index contributed by atoms with van der Waals surface area (Å²) in [6, 6.07) is 10.5. The number of urea groups is 1. The number of alkyl halides is 2. The number of halogens is 2. The van der Waals surface area contributed by atoms with Crippen LogP contribution in [0.15, 0.2) is 48.5 Å². The van der Waals surface area contributed by atoms with Crippen LogP contribution in [-0.4, -0.2) is 31.6 Å². The topological polar surface area (TPSA) is 76.7 Å². The quantitative estimate of drug-likeness (QED) is 0.493. The molecule has 29 heavy (non-hydrogen) atoms. The molecular formula is C21H22F2N2O4. The first-order valence-electron chi connectivity index (χ1n) is 8.81. The Kier molecular flexibility index (Phi) is 7.70. The maximum Gasteiger partial charge on any atom is 0.387 e. The number of anilines is 1. The third-order valence-electron chi connectivity index (χ3n) is 3.68. The summed E-state index contributed by atoms with van der Waals surface area (Å²) in [5.74, 6) is -0.235. The lowest BCUT2D eigenvalue weighted by molar-refractivity contribution is -0.0512. The van der Waals surface area contributed by atoms with Crippen LogP contribution in [0.2, 0.25) is 0 Å². The van der Waals surface area contributed by atoms with Crippen LogP contribution in [0.3, 0.4) is 0 Å². The molecule has 0 saturated carbocycles. The second-order valence-electron chi connectivity index (χ2n) is 6.32. The van der Waals surface area contributed by atoms with E-state index in [4.69, 9.17) is 4.74 Å². The first-order chi connectivity index (χ1) is 13.8. The van der Waals surface area contributed by atoms with Gasteiger partial charge in [0.2, 0.25) is 0 Å². The maximum absolute atomic E-state index is 12.5. The van der Waals surface area contributed by atoms with E-state index in [2.05, 4.69) is 15.4 Å². The number of allylic oxidation sites excluding steroid dienone is 1. The van der Waals surface area contributed by atoms with Gasteiger partial charge in [-0.05, 0) is 61.9 Å². The number of methoxy groups -OCH3 is 1. The molecule has 2 N–H and O–H groups in total. The molecule has 0 aliphatic carbocycles. The van der Waals surface area contributed by atoms with Gasteiger partial charge in [0, 0.05) is 17.3 Å². The third kappa shape index (κ3) is 6.91. The fraction of sp³-hybridized carbons (Fsp3) is 0.238. The van der Waals surface area contributed by atoms with E-state index in [1.54, 1.807) is 30.3 Å². The SMILES string of the molecule is COc1ccc(/C=C/C(=O)c2ccc(NC(=O)NC(C)C)cc2)cc1OC(F)F. The summed E-state index contributed by atoms with van der Waals surface area (Å²) in [6.07, 6.45) is 2.81. The molecule has 2 amide bonds. The molecule has 2 aromatic rings. The number of ether oxygens (including phenoxy) is 2. The van der Waals surface area contributed by atoms with Crippen molar-refractivity contribution in [2.24, 2.45) is 0 Å². The molecule has 0 bridgehead atoms. The van der Waals surface area contributed by atoms with E-state index in [1.165, 1.54) is 31.4 Å². The Balaban J connectivity index is 2.06. The lowest BCUT2D eigenvalue weighted by Crippen LogP contribution is -2.34. The molecule has 0 aliphatic heterocycles. The van der Waals surface area contributed by atoms with Gasteiger partial charge in [-0.3, -0.25) is 4.79 Å². The second kappa shape index (κ2) is 10.2. The van der Waals surface area contributed by atoms with Crippen molar-refractivity contribution in [3.05, 3.63) is 59.7 Å². The minimum atomic E-state index is -2.99. The average molecular weight is 404 g/mol. The van der Waals surface area contributed by atoms with E-state index >= 15 is 0 Å². The van der Waals surface area contributed by atoms with Crippen molar-refractivity contribution < 1.29 is 27.8 Å². The van der Waals surface area contributed by atoms with Crippen LogP contribution in [0.25, 0.3) is 6.08 Å². The zero-order chi connectivity index (χ0) is 21.4. The van der Waals surface area contributed by atoms with Gasteiger partial charge < -0.3 is 20.1 Å². The Morgan fingerprint density at radius 2 is 1.72 bits per heavy atom. The van der Waals surface area contributed by atoms with Crippen molar-refractivity contribution >= 4 is 23.6 Å². The molecular weight excluding hydrogens is 382 g/mol. The molecule has 6 nitrogen and oxygen atoms in total. The van der Waals surface area contributed by atoms with Gasteiger partial charge in [0.1, 0.15) is 0 Å². The summed E-state index contributed by atoms with van der Waals surface area (Å²) >= 11 is 0. The van der Waals surface area contributed by atoms with Crippen LogP contribution >= 0.6 is 0 Å². The highest BCUT2D eigenvalue weighted by Gasteiger charge is 2.11. The normalized spacial score (nSPS) is 11.0. The summed E-state index contributed by atoms with van der Waals surface area (Å²) in [7, 11) is 1.34. The van der Waals surface area contributed by atoms with Crippen molar-refractivity contribution in [1.82, 2.24) is 5.32 Å². The van der Waals surface area contributed by atoms with E-state index < -0.39 is 6.61 Å². The van der Waals surface area contributed by atoms with Crippen molar-refractivity contribution in [3.63, 3.8) is 0 Å². The molecule has 0 saturated heterocycles. The highest BCUT2D eigenvalue weighted by atomic mass is 19.3. The molecule has 0 fully saturated rings. The Morgan fingerprint density at radius 1 is 1.03 bits per heavy atom. The number of ketones is 1. The first-order valence-corrected chi connectivity index (χ1v) is 8.81. The monoisotopic (exact) mass is 404 g/mol. The summed E-state index contributed by atoms with van der Waals surface area (Å²) in [5, 5.41) is 5.36. The number of amides is 2. The summed E-state index contributed by atoms with van der Waals surface area (Å²) in [6.45, 7) is 0.706. The van der Waals surface area contributed by atoms with E-state index in [1.807, 2.05) is 13.8 Å². The average Bonchev–Trinajstić information content (AvgIpc) is 2.65. The van der Waals surface area contributed by atoms with Gasteiger partial charge in [-0.15, -0.1) is 0 Å². The third-order valence-corrected chi connectivity index (χ3v) is 3.68. The van der Waals surface area contributed by atoms with Gasteiger partial charge in [0.15, 0.2) is 17.3 Å². The van der Waals surface area contributed by atoms with E-state index in [0.717, 1.165) is 0 Å². The molecule has 0 unspecified atom stereocenters. The molecule has 8 heteroatoms. The van der Waals surface area contributed by atoms with Crippen LogP contribution in [0.1, 0.15) is 29.8 Å². The standard InChI is InChI=1S/C21H22F2N2O4/c1-13(2)24-21(27)25-16-8-6-15(7-9-16)17(26)10-4-14-5-11-18(28-3)19(12-14)29-20(22)23/h4-13,20H,1-3H3,(H2,24,25,27)/b10-4+. The number of benzene rings is 2. The van der Waals surface area contributed by atoms with Gasteiger partial charge in [0.05, 0.1) is 7.11 Å². The number of hydrogen-bond donors (Lipinski definition) is 2. The molecule has 0 aliphatic rings. The Labute approximate surface area is 167 Å². The fourth-order valence-corrected chi connectivity index (χ4v) is 2.40. The van der Waals surface area contributed by atoms with Gasteiger partial charge in [0.25, 0.3) is 0 Å². The number of rotatable bonds is 8. The number of carbonyl (C=O) groups is 2. The molecule has 154 valence electrons. The van der Waals surface area contributed by atoms with Crippen molar-refractivity contribution in [3.8, 4) is 11.5 Å². The highest BCUT2D eigenvalue weighted by molar-refractivity contribution is 6.07. The van der Waals surface area contributed by atoms with Gasteiger partial charge in [-0.1, -0.05) is 12.1 Å². The van der Waals surface area contributed by atoms with Crippen molar-refractivity contribution in [2.75, 3.05) is 12.4 Å². The largest absolute Gasteiger partial charge is 0.493 e. The minimum absolute atomic E-state index is 0.00514. The Morgan fingerprint density at radius 3 is 2.31 bits per heavy atom. The molecule has 2 aromatic carbocycles. The fourth-order valence-electron chi connectivity index (χ4n) is 2.40. The van der Waals surface area contributed by atoms with Crippen molar-refractivity contribution in [1.29, 1.82) is 0 Å². The maximum atomic E-state index is 12.5. The molecule has 0 radical (unpaired) electrons. The Bertz CT molecular complexity index is 881. The van der Waals surface area contributed by atoms with Crippen LogP contribution in [0, 0.1) is 0 Å². The molecule has 2 rings (SSSR count). The lowest BCUT2D eigenvalue weighted by Gasteiger charge is -2.10. The van der Waals surface area contributed by atoms with Crippen LogP contribution in [-0.2, 0) is 0 Å². The predicted octanol–water partition coefficient (Wildman–Crippen LogP) is 4.72. The number of nitrogens with one attached hydrogen (secondary N) is 2. The van der Waals surface area contributed by atoms with Crippen molar-refractivity contribution in [2.45, 2.75) is 26.5 Å². The zero-order valence-electron chi connectivity index (χ0n) is 16.2. The smallest absolute Gasteiger partial charge is 0.387 e. The van der Waals surface area contributed by atoms with Crippen LogP contribution in [0.4, 0.5) is 19.3 Å². The zero-order valence-corrected chi connectivity index (χ0v) is 16.2. The summed E-state index contributed by atoms with van der Waals surface area (Å²) in [5.41, 5.74) is 1.46. The van der Waals surface area contributed by atoms with Crippen LogP contribution in [0.5, 0.6) is 11.5 Å². The van der Waals surface area contributed by atoms with Gasteiger partial charge in [-0.25, -0.2) is 4.79 Å². The van der Waals surface area contributed by atoms with E-state index in [9.17, 15) is 18.4 Å². The van der Waals surface area contributed by atoms with Gasteiger partial charge >= 0.3 is 12.6 Å². The summed E-state index contributed by atoms with van der Waals surface area (Å²) in [4.78, 5) is 24.0. The Hall–Kier alpha value is -3.42. The molecule has 0 spiro atoms. The number of carbonyl (C=O) groups excluding carboxylic acids is 2.